The van der Waals surface area contributed by atoms with Crippen LogP contribution in [0.2, 0.25) is 0 Å². The quantitative estimate of drug-likeness (QED) is 0.626. The summed E-state index contributed by atoms with van der Waals surface area (Å²) in [6.45, 7) is 0. The number of carbonyl (C=O) groups is 1. The molecule has 16 heavy (non-hydrogen) atoms. The van der Waals surface area contributed by atoms with Gasteiger partial charge in [-0.1, -0.05) is 12.1 Å². The number of hydrogen-bond acceptors (Lipinski definition) is 3. The summed E-state index contributed by atoms with van der Waals surface area (Å²) in [5.74, 6) is 0.0156. The molecule has 1 aromatic carbocycles. The molecule has 3 rings (SSSR count). The number of carbonyl (C=O) groups excluding carboxylic acids is 1. The summed E-state index contributed by atoms with van der Waals surface area (Å²) < 4.78 is 5.97. The standard InChI is InChI=1S/C13H8O2S/c14-12(10-4-6-15-8-10)11-3-1-2-9-5-7-16-13(9)11/h1-8H. The molecule has 0 N–H and O–H groups in total. The monoisotopic (exact) mass is 228 g/mol. The lowest BCUT2D eigenvalue weighted by atomic mass is 10.0. The third-order valence-corrected chi connectivity index (χ3v) is 3.47. The van der Waals surface area contributed by atoms with Crippen molar-refractivity contribution in [2.24, 2.45) is 0 Å². The lowest BCUT2D eigenvalue weighted by Crippen LogP contribution is -1.99. The molecule has 0 bridgehead atoms. The lowest BCUT2D eigenvalue weighted by Gasteiger charge is -1.99. The fraction of sp³-hybridized carbons (Fsp3) is 0. The number of fused-ring (bicyclic) bond motifs is 1. The Morgan fingerprint density at radius 2 is 2.12 bits per heavy atom. The van der Waals surface area contributed by atoms with E-state index in [0.29, 0.717) is 5.56 Å². The average molecular weight is 228 g/mol. The van der Waals surface area contributed by atoms with Crippen LogP contribution in [-0.2, 0) is 0 Å². The topological polar surface area (TPSA) is 30.2 Å². The predicted octanol–water partition coefficient (Wildman–Crippen LogP) is 3.73. The van der Waals surface area contributed by atoms with Crippen molar-refractivity contribution >= 4 is 27.2 Å². The van der Waals surface area contributed by atoms with E-state index in [9.17, 15) is 4.79 Å². The number of hydrogen-bond donors (Lipinski definition) is 0. The summed E-state index contributed by atoms with van der Waals surface area (Å²) >= 11 is 1.59. The van der Waals surface area contributed by atoms with Crippen LogP contribution in [0.4, 0.5) is 0 Å². The molecule has 0 fully saturated rings. The fourth-order valence-corrected chi connectivity index (χ4v) is 2.63. The Bertz CT molecular complexity index is 635. The largest absolute Gasteiger partial charge is 0.472 e. The van der Waals surface area contributed by atoms with Crippen molar-refractivity contribution in [1.29, 1.82) is 0 Å². The Morgan fingerprint density at radius 1 is 1.19 bits per heavy atom. The molecule has 78 valence electrons. The van der Waals surface area contributed by atoms with E-state index in [0.717, 1.165) is 15.6 Å². The molecule has 0 radical (unpaired) electrons. The van der Waals surface area contributed by atoms with Crippen molar-refractivity contribution in [2.75, 3.05) is 0 Å². The molecular formula is C13H8O2S. The summed E-state index contributed by atoms with van der Waals surface area (Å²) in [4.78, 5) is 12.2. The Hall–Kier alpha value is -1.87. The van der Waals surface area contributed by atoms with E-state index >= 15 is 0 Å². The second-order valence-corrected chi connectivity index (χ2v) is 4.40. The maximum Gasteiger partial charge on any atom is 0.197 e. The predicted molar refractivity (Wildman–Crippen MR) is 64.0 cm³/mol. The van der Waals surface area contributed by atoms with Crippen molar-refractivity contribution < 1.29 is 9.21 Å². The molecule has 0 unspecified atom stereocenters. The Morgan fingerprint density at radius 3 is 2.94 bits per heavy atom. The SMILES string of the molecule is O=C(c1ccoc1)c1cccc2ccsc12. The molecule has 0 aliphatic heterocycles. The molecule has 0 saturated carbocycles. The third kappa shape index (κ3) is 1.37. The summed E-state index contributed by atoms with van der Waals surface area (Å²) in [6.07, 6.45) is 3.00. The number of ketones is 1. The van der Waals surface area contributed by atoms with Crippen LogP contribution < -0.4 is 0 Å². The van der Waals surface area contributed by atoms with Gasteiger partial charge in [-0.3, -0.25) is 4.79 Å². The first-order valence-corrected chi connectivity index (χ1v) is 5.77. The van der Waals surface area contributed by atoms with Crippen LogP contribution in [0.3, 0.4) is 0 Å². The van der Waals surface area contributed by atoms with E-state index in [2.05, 4.69) is 0 Å². The molecule has 2 nitrogen and oxygen atoms in total. The maximum absolute atomic E-state index is 12.2. The smallest absolute Gasteiger partial charge is 0.197 e. The highest BCUT2D eigenvalue weighted by Crippen LogP contribution is 2.26. The zero-order chi connectivity index (χ0) is 11.0. The number of benzene rings is 1. The molecule has 2 aromatic heterocycles. The van der Waals surface area contributed by atoms with Crippen LogP contribution in [0, 0.1) is 0 Å². The zero-order valence-electron chi connectivity index (χ0n) is 8.34. The van der Waals surface area contributed by atoms with Crippen LogP contribution in [0.25, 0.3) is 10.1 Å². The summed E-state index contributed by atoms with van der Waals surface area (Å²) in [5, 5.41) is 3.11. The van der Waals surface area contributed by atoms with Gasteiger partial charge in [0.05, 0.1) is 11.8 Å². The van der Waals surface area contributed by atoms with Crippen LogP contribution in [0.15, 0.2) is 52.7 Å². The van der Waals surface area contributed by atoms with E-state index in [-0.39, 0.29) is 5.78 Å². The molecule has 0 atom stereocenters. The van der Waals surface area contributed by atoms with Gasteiger partial charge in [0, 0.05) is 10.3 Å². The number of rotatable bonds is 2. The van der Waals surface area contributed by atoms with Crippen molar-refractivity contribution in [3.63, 3.8) is 0 Å². The van der Waals surface area contributed by atoms with Crippen LogP contribution >= 0.6 is 11.3 Å². The first kappa shape index (κ1) is 9.36. The number of furan rings is 1. The molecular weight excluding hydrogens is 220 g/mol. The lowest BCUT2D eigenvalue weighted by molar-refractivity contribution is 0.104. The van der Waals surface area contributed by atoms with Crippen molar-refractivity contribution in [3.05, 3.63) is 59.4 Å². The minimum atomic E-state index is 0.0156. The zero-order valence-corrected chi connectivity index (χ0v) is 9.16. The molecule has 0 saturated heterocycles. The molecule has 0 aliphatic carbocycles. The average Bonchev–Trinajstić information content (AvgIpc) is 2.98. The van der Waals surface area contributed by atoms with E-state index in [1.54, 1.807) is 17.4 Å². The van der Waals surface area contributed by atoms with E-state index in [1.165, 1.54) is 12.5 Å². The van der Waals surface area contributed by atoms with Gasteiger partial charge in [-0.2, -0.15) is 0 Å². The first-order valence-electron chi connectivity index (χ1n) is 4.89. The molecule has 0 aliphatic rings. The molecule has 2 heterocycles. The minimum Gasteiger partial charge on any atom is -0.472 e. The van der Waals surface area contributed by atoms with Gasteiger partial charge in [0.2, 0.25) is 0 Å². The molecule has 0 amide bonds. The van der Waals surface area contributed by atoms with Gasteiger partial charge in [-0.15, -0.1) is 11.3 Å². The fourth-order valence-electron chi connectivity index (χ4n) is 1.72. The van der Waals surface area contributed by atoms with Gasteiger partial charge in [-0.25, -0.2) is 0 Å². The van der Waals surface area contributed by atoms with Crippen molar-refractivity contribution in [3.8, 4) is 0 Å². The van der Waals surface area contributed by atoms with Crippen molar-refractivity contribution in [2.45, 2.75) is 0 Å². The Labute approximate surface area is 96.1 Å². The Balaban J connectivity index is 2.19. The van der Waals surface area contributed by atoms with Crippen LogP contribution in [0.1, 0.15) is 15.9 Å². The first-order chi connectivity index (χ1) is 7.86. The minimum absolute atomic E-state index is 0.0156. The van der Waals surface area contributed by atoms with E-state index in [4.69, 9.17) is 4.42 Å². The second kappa shape index (κ2) is 3.61. The maximum atomic E-state index is 12.2. The van der Waals surface area contributed by atoms with E-state index in [1.807, 2.05) is 29.6 Å². The van der Waals surface area contributed by atoms with Gasteiger partial charge >= 0.3 is 0 Å². The van der Waals surface area contributed by atoms with Crippen LogP contribution in [-0.4, -0.2) is 5.78 Å². The summed E-state index contributed by atoms with van der Waals surface area (Å²) in [5.41, 5.74) is 1.34. The molecule has 0 spiro atoms. The highest BCUT2D eigenvalue weighted by Gasteiger charge is 2.13. The van der Waals surface area contributed by atoms with Gasteiger partial charge in [0.15, 0.2) is 5.78 Å². The second-order valence-electron chi connectivity index (χ2n) is 3.49. The number of thiophene rings is 1. The highest BCUT2D eigenvalue weighted by molar-refractivity contribution is 7.17. The van der Waals surface area contributed by atoms with E-state index < -0.39 is 0 Å². The van der Waals surface area contributed by atoms with Gasteiger partial charge < -0.3 is 4.42 Å². The highest BCUT2D eigenvalue weighted by atomic mass is 32.1. The van der Waals surface area contributed by atoms with Crippen molar-refractivity contribution in [1.82, 2.24) is 0 Å². The molecule has 3 heteroatoms. The summed E-state index contributed by atoms with van der Waals surface area (Å²) in [7, 11) is 0. The van der Waals surface area contributed by atoms with Crippen LogP contribution in [0.5, 0.6) is 0 Å². The Kier molecular flexibility index (Phi) is 2.11. The third-order valence-electron chi connectivity index (χ3n) is 2.51. The summed E-state index contributed by atoms with van der Waals surface area (Å²) in [6, 6.07) is 9.48. The van der Waals surface area contributed by atoms with Gasteiger partial charge in [0.25, 0.3) is 0 Å². The normalized spacial score (nSPS) is 10.8. The van der Waals surface area contributed by atoms with Gasteiger partial charge in [0.1, 0.15) is 6.26 Å². The molecule has 3 aromatic rings. The van der Waals surface area contributed by atoms with Gasteiger partial charge in [-0.05, 0) is 29.0 Å².